The Kier molecular flexibility index (Phi) is 3.89. The molecular formula is C15H18N2O5S. The van der Waals surface area contributed by atoms with Crippen molar-refractivity contribution in [1.29, 1.82) is 0 Å². The largest absolute Gasteiger partial charge is 0.395 e. The number of carbonyl (C=O) groups is 2. The summed E-state index contributed by atoms with van der Waals surface area (Å²) in [7, 11) is -3.64. The molecule has 0 bridgehead atoms. The minimum Gasteiger partial charge on any atom is -0.395 e. The van der Waals surface area contributed by atoms with Crippen molar-refractivity contribution >= 4 is 21.7 Å². The zero-order valence-corrected chi connectivity index (χ0v) is 13.2. The Bertz CT molecular complexity index is 761. The van der Waals surface area contributed by atoms with Gasteiger partial charge in [0, 0.05) is 11.6 Å². The molecule has 1 aliphatic heterocycles. The van der Waals surface area contributed by atoms with Crippen molar-refractivity contribution in [2.24, 2.45) is 11.7 Å². The van der Waals surface area contributed by atoms with E-state index in [0.29, 0.717) is 12.3 Å². The minimum atomic E-state index is -3.64. The molecule has 0 radical (unpaired) electrons. The molecule has 0 aromatic heterocycles. The summed E-state index contributed by atoms with van der Waals surface area (Å²) in [4.78, 5) is 25.7. The molecule has 3 atom stereocenters. The lowest BCUT2D eigenvalue weighted by atomic mass is 10.1. The first kappa shape index (κ1) is 15.9. The van der Waals surface area contributed by atoms with Crippen molar-refractivity contribution in [3.63, 3.8) is 0 Å². The minimum absolute atomic E-state index is 0.0143. The number of nitrogens with two attached hydrogens (primary N) is 1. The van der Waals surface area contributed by atoms with Gasteiger partial charge in [0.15, 0.2) is 9.84 Å². The maximum Gasteiger partial charge on any atom is 0.254 e. The van der Waals surface area contributed by atoms with Crippen LogP contribution in [0, 0.1) is 5.92 Å². The molecular weight excluding hydrogens is 320 g/mol. The quantitative estimate of drug-likeness (QED) is 0.753. The third-order valence-electron chi connectivity index (χ3n) is 4.47. The number of primary amides is 1. The average Bonchev–Trinajstić information content (AvgIpc) is 3.17. The summed E-state index contributed by atoms with van der Waals surface area (Å²) in [5.41, 5.74) is 5.58. The maximum atomic E-state index is 12.7. The average molecular weight is 338 g/mol. The number of nitrogens with zero attached hydrogens (tertiary/aromatic N) is 1. The standard InChI is InChI=1S/C15H18N2O5S/c16-14(19)13-8-10-7-12(10)17(13)15(20)9-2-1-3-11(6-9)23(21,22)5-4-18/h1-3,6,10,12-13,18H,4-5,7-8H2,(H2,16,19). The van der Waals surface area contributed by atoms with Crippen LogP contribution in [0.3, 0.4) is 0 Å². The summed E-state index contributed by atoms with van der Waals surface area (Å²) in [6.45, 7) is -0.486. The van der Waals surface area contributed by atoms with Gasteiger partial charge >= 0.3 is 0 Å². The van der Waals surface area contributed by atoms with Gasteiger partial charge in [-0.2, -0.15) is 0 Å². The maximum absolute atomic E-state index is 12.7. The Morgan fingerprint density at radius 1 is 1.30 bits per heavy atom. The van der Waals surface area contributed by atoms with Crippen LogP contribution in [0.1, 0.15) is 23.2 Å². The Morgan fingerprint density at radius 3 is 2.70 bits per heavy atom. The van der Waals surface area contributed by atoms with Gasteiger partial charge in [-0.1, -0.05) is 6.07 Å². The topological polar surface area (TPSA) is 118 Å². The van der Waals surface area contributed by atoms with Crippen molar-refractivity contribution in [3.8, 4) is 0 Å². The molecule has 1 saturated heterocycles. The molecule has 1 aliphatic carbocycles. The number of aliphatic hydroxyl groups is 1. The Labute approximate surface area is 134 Å². The van der Waals surface area contributed by atoms with E-state index in [4.69, 9.17) is 10.8 Å². The Hall–Kier alpha value is -1.93. The van der Waals surface area contributed by atoms with E-state index in [-0.39, 0.29) is 22.4 Å². The first-order valence-electron chi connectivity index (χ1n) is 7.41. The number of aliphatic hydroxyl groups excluding tert-OH is 1. The second kappa shape index (κ2) is 5.61. The predicted molar refractivity (Wildman–Crippen MR) is 81.2 cm³/mol. The first-order valence-corrected chi connectivity index (χ1v) is 9.06. The van der Waals surface area contributed by atoms with Crippen molar-refractivity contribution in [2.75, 3.05) is 12.4 Å². The highest BCUT2D eigenvalue weighted by atomic mass is 32.2. The van der Waals surface area contributed by atoms with Crippen LogP contribution in [0.5, 0.6) is 0 Å². The third kappa shape index (κ3) is 2.84. The van der Waals surface area contributed by atoms with Crippen LogP contribution in [-0.4, -0.2) is 54.7 Å². The lowest BCUT2D eigenvalue weighted by Gasteiger charge is -2.25. The van der Waals surface area contributed by atoms with Gasteiger partial charge in [0.1, 0.15) is 6.04 Å². The van der Waals surface area contributed by atoms with E-state index < -0.39 is 34.1 Å². The number of hydrogen-bond acceptors (Lipinski definition) is 5. The molecule has 1 aromatic carbocycles. The molecule has 2 amide bonds. The fraction of sp³-hybridized carbons (Fsp3) is 0.467. The van der Waals surface area contributed by atoms with Gasteiger partial charge in [-0.3, -0.25) is 9.59 Å². The molecule has 2 fully saturated rings. The summed E-state index contributed by atoms with van der Waals surface area (Å²) in [6, 6.07) is 5.09. The van der Waals surface area contributed by atoms with E-state index in [2.05, 4.69) is 0 Å². The van der Waals surface area contributed by atoms with E-state index in [1.807, 2.05) is 0 Å². The second-order valence-corrected chi connectivity index (χ2v) is 8.11. The van der Waals surface area contributed by atoms with Gasteiger partial charge < -0.3 is 15.7 Å². The molecule has 8 heteroatoms. The van der Waals surface area contributed by atoms with Crippen molar-refractivity contribution in [3.05, 3.63) is 29.8 Å². The van der Waals surface area contributed by atoms with Gasteiger partial charge in [0.05, 0.1) is 17.3 Å². The molecule has 124 valence electrons. The molecule has 2 aliphatic rings. The van der Waals surface area contributed by atoms with Crippen LogP contribution < -0.4 is 5.73 Å². The summed E-state index contributed by atoms with van der Waals surface area (Å²) in [5, 5.41) is 8.84. The number of amides is 2. The molecule has 3 N–H and O–H groups in total. The van der Waals surface area contributed by atoms with E-state index in [1.54, 1.807) is 0 Å². The van der Waals surface area contributed by atoms with E-state index in [1.165, 1.54) is 29.2 Å². The molecule has 0 spiro atoms. The van der Waals surface area contributed by atoms with Crippen LogP contribution in [-0.2, 0) is 14.6 Å². The fourth-order valence-corrected chi connectivity index (χ4v) is 4.28. The number of sulfone groups is 1. The lowest BCUT2D eigenvalue weighted by molar-refractivity contribution is -0.122. The van der Waals surface area contributed by atoms with E-state index >= 15 is 0 Å². The molecule has 3 unspecified atom stereocenters. The Morgan fingerprint density at radius 2 is 2.04 bits per heavy atom. The molecule has 23 heavy (non-hydrogen) atoms. The van der Waals surface area contributed by atoms with Crippen molar-refractivity contribution in [2.45, 2.75) is 29.8 Å². The van der Waals surface area contributed by atoms with Crippen LogP contribution in [0.15, 0.2) is 29.2 Å². The lowest BCUT2D eigenvalue weighted by Crippen LogP contribution is -2.46. The summed E-state index contributed by atoms with van der Waals surface area (Å²) < 4.78 is 24.0. The van der Waals surface area contributed by atoms with Gasteiger partial charge in [0.2, 0.25) is 5.91 Å². The predicted octanol–water partition coefficient (Wildman–Crippen LogP) is -0.459. The number of fused-ring (bicyclic) bond motifs is 1. The highest BCUT2D eigenvalue weighted by Crippen LogP contribution is 2.48. The number of rotatable bonds is 5. The number of piperidine rings is 1. The number of carbonyl (C=O) groups excluding carboxylic acids is 2. The van der Waals surface area contributed by atoms with Gasteiger partial charge in [-0.25, -0.2) is 8.42 Å². The zero-order valence-electron chi connectivity index (χ0n) is 12.4. The number of benzene rings is 1. The van der Waals surface area contributed by atoms with Crippen LogP contribution in [0.4, 0.5) is 0 Å². The van der Waals surface area contributed by atoms with Crippen LogP contribution in [0.25, 0.3) is 0 Å². The summed E-state index contributed by atoms with van der Waals surface area (Å²) in [6.07, 6.45) is 1.44. The molecule has 7 nitrogen and oxygen atoms in total. The second-order valence-electron chi connectivity index (χ2n) is 6.00. The highest BCUT2D eigenvalue weighted by molar-refractivity contribution is 7.91. The molecule has 3 rings (SSSR count). The van der Waals surface area contributed by atoms with Crippen LogP contribution >= 0.6 is 0 Å². The van der Waals surface area contributed by atoms with E-state index in [9.17, 15) is 18.0 Å². The highest BCUT2D eigenvalue weighted by Gasteiger charge is 2.55. The number of likely N-dealkylation sites (tertiary alicyclic amines) is 1. The molecule has 1 saturated carbocycles. The number of hydrogen-bond donors (Lipinski definition) is 2. The molecule has 1 aromatic rings. The monoisotopic (exact) mass is 338 g/mol. The van der Waals surface area contributed by atoms with Crippen molar-refractivity contribution in [1.82, 2.24) is 4.90 Å². The smallest absolute Gasteiger partial charge is 0.254 e. The zero-order chi connectivity index (χ0) is 16.8. The summed E-state index contributed by atoms with van der Waals surface area (Å²) >= 11 is 0. The first-order chi connectivity index (χ1) is 10.8. The van der Waals surface area contributed by atoms with Gasteiger partial charge in [0.25, 0.3) is 5.91 Å². The van der Waals surface area contributed by atoms with Crippen LogP contribution in [0.2, 0.25) is 0 Å². The SMILES string of the molecule is NC(=O)C1CC2CC2N1C(=O)c1cccc(S(=O)(=O)CCO)c1. The summed E-state index contributed by atoms with van der Waals surface area (Å²) in [5.74, 6) is -0.990. The van der Waals surface area contributed by atoms with Crippen molar-refractivity contribution < 1.29 is 23.1 Å². The van der Waals surface area contributed by atoms with Gasteiger partial charge in [-0.05, 0) is 37.0 Å². The van der Waals surface area contributed by atoms with Gasteiger partial charge in [-0.15, -0.1) is 0 Å². The van der Waals surface area contributed by atoms with E-state index in [0.717, 1.165) is 6.42 Å². The fourth-order valence-electron chi connectivity index (χ4n) is 3.21. The Balaban J connectivity index is 1.90. The molecule has 1 heterocycles. The normalized spacial score (nSPS) is 26.0. The third-order valence-corrected chi connectivity index (χ3v) is 6.16.